The minimum absolute atomic E-state index is 0.179. The van der Waals surface area contributed by atoms with Gasteiger partial charge in [0.1, 0.15) is 11.0 Å². The summed E-state index contributed by atoms with van der Waals surface area (Å²) in [4.78, 5) is 5.64. The van der Waals surface area contributed by atoms with E-state index in [4.69, 9.17) is 11.6 Å². The van der Waals surface area contributed by atoms with Crippen molar-refractivity contribution in [1.29, 1.82) is 0 Å². The van der Waals surface area contributed by atoms with Gasteiger partial charge in [-0.1, -0.05) is 11.6 Å². The Morgan fingerprint density at radius 3 is 2.42 bits per heavy atom. The third-order valence-electron chi connectivity index (χ3n) is 3.27. The molecule has 0 radical (unpaired) electrons. The summed E-state index contributed by atoms with van der Waals surface area (Å²) in [6, 6.07) is 1.80. The molecule has 7 heteroatoms. The first-order valence-corrected chi connectivity index (χ1v) is 6.27. The summed E-state index contributed by atoms with van der Waals surface area (Å²) < 4.78 is 38.1. The number of aliphatic hydroxyl groups is 1. The first-order valence-electron chi connectivity index (χ1n) is 5.89. The van der Waals surface area contributed by atoms with Crippen LogP contribution in [-0.4, -0.2) is 28.8 Å². The van der Waals surface area contributed by atoms with Crippen LogP contribution in [0, 0.1) is 0 Å². The van der Waals surface area contributed by atoms with E-state index in [1.54, 1.807) is 11.8 Å². The maximum Gasteiger partial charge on any atom is 0.416 e. The molecule has 19 heavy (non-hydrogen) atoms. The highest BCUT2D eigenvalue weighted by atomic mass is 35.5. The first kappa shape index (κ1) is 14.4. The largest absolute Gasteiger partial charge is 0.416 e. The fourth-order valence-corrected chi connectivity index (χ4v) is 2.23. The molecule has 0 aromatic carbocycles. The molecule has 0 atom stereocenters. The molecule has 3 nitrogen and oxygen atoms in total. The molecule has 1 N–H and O–H groups in total. The van der Waals surface area contributed by atoms with Gasteiger partial charge in [0.05, 0.1) is 11.2 Å². The molecular formula is C12H14ClF3N2O. The number of rotatable bonds is 1. The second-order valence-corrected chi connectivity index (χ2v) is 5.41. The molecule has 0 amide bonds. The molecule has 1 fully saturated rings. The predicted molar refractivity (Wildman–Crippen MR) is 66.3 cm³/mol. The highest BCUT2D eigenvalue weighted by Gasteiger charge is 2.33. The van der Waals surface area contributed by atoms with E-state index in [0.717, 1.165) is 12.1 Å². The summed E-state index contributed by atoms with van der Waals surface area (Å²) in [5, 5.41) is 9.65. The van der Waals surface area contributed by atoms with Crippen molar-refractivity contribution >= 4 is 17.4 Å². The van der Waals surface area contributed by atoms with Gasteiger partial charge in [-0.05, 0) is 31.9 Å². The minimum atomic E-state index is -4.44. The van der Waals surface area contributed by atoms with Crippen molar-refractivity contribution < 1.29 is 18.3 Å². The van der Waals surface area contributed by atoms with Gasteiger partial charge in [-0.15, -0.1) is 0 Å². The van der Waals surface area contributed by atoms with Crippen LogP contribution in [-0.2, 0) is 6.18 Å². The zero-order valence-corrected chi connectivity index (χ0v) is 11.1. The van der Waals surface area contributed by atoms with E-state index in [0.29, 0.717) is 25.9 Å². The van der Waals surface area contributed by atoms with E-state index in [1.807, 2.05) is 0 Å². The third kappa shape index (κ3) is 3.51. The number of piperidine rings is 1. The molecule has 1 aromatic rings. The topological polar surface area (TPSA) is 36.4 Å². The summed E-state index contributed by atoms with van der Waals surface area (Å²) in [6.07, 6.45) is -3.46. The van der Waals surface area contributed by atoms with Crippen molar-refractivity contribution in [3.63, 3.8) is 0 Å². The van der Waals surface area contributed by atoms with Crippen LogP contribution in [0.4, 0.5) is 19.0 Å². The highest BCUT2D eigenvalue weighted by Crippen LogP contribution is 2.34. The van der Waals surface area contributed by atoms with Crippen LogP contribution in [0.1, 0.15) is 25.3 Å². The number of pyridine rings is 1. The summed E-state index contributed by atoms with van der Waals surface area (Å²) >= 11 is 5.64. The lowest BCUT2D eigenvalue weighted by Crippen LogP contribution is -2.42. The second-order valence-electron chi connectivity index (χ2n) is 5.02. The molecule has 2 heterocycles. The van der Waals surface area contributed by atoms with Gasteiger partial charge in [-0.3, -0.25) is 0 Å². The van der Waals surface area contributed by atoms with E-state index < -0.39 is 17.3 Å². The minimum Gasteiger partial charge on any atom is -0.390 e. The van der Waals surface area contributed by atoms with Crippen LogP contribution in [0.5, 0.6) is 0 Å². The Labute approximate surface area is 114 Å². The quantitative estimate of drug-likeness (QED) is 0.809. The normalized spacial score (nSPS) is 19.6. The third-order valence-corrected chi connectivity index (χ3v) is 3.47. The zero-order valence-electron chi connectivity index (χ0n) is 10.3. The van der Waals surface area contributed by atoms with Gasteiger partial charge >= 0.3 is 6.18 Å². The molecule has 106 valence electrons. The standard InChI is InChI=1S/C12H14ClF3N2O/c1-11(19)2-4-18(5-3-11)10-7-8(12(14,15)16)6-9(13)17-10/h6-7,19H,2-5H2,1H3. The summed E-state index contributed by atoms with van der Waals surface area (Å²) in [6.45, 7) is 2.63. The van der Waals surface area contributed by atoms with Crippen molar-refractivity contribution in [2.45, 2.75) is 31.5 Å². The lowest BCUT2D eigenvalue weighted by atomic mass is 9.94. The molecule has 0 unspecified atom stereocenters. The predicted octanol–water partition coefficient (Wildman–Crippen LogP) is 3.11. The van der Waals surface area contributed by atoms with E-state index >= 15 is 0 Å². The van der Waals surface area contributed by atoms with Gasteiger partial charge in [0.2, 0.25) is 0 Å². The summed E-state index contributed by atoms with van der Waals surface area (Å²) in [5.41, 5.74) is -1.57. The highest BCUT2D eigenvalue weighted by molar-refractivity contribution is 6.29. The SMILES string of the molecule is CC1(O)CCN(c2cc(C(F)(F)F)cc(Cl)n2)CC1. The Balaban J connectivity index is 2.24. The van der Waals surface area contributed by atoms with Crippen molar-refractivity contribution in [3.05, 3.63) is 22.8 Å². The molecule has 1 aliphatic rings. The van der Waals surface area contributed by atoms with E-state index in [-0.39, 0.29) is 11.0 Å². The Hall–Kier alpha value is -1.01. The number of nitrogens with zero attached hydrogens (tertiary/aromatic N) is 2. The van der Waals surface area contributed by atoms with Crippen LogP contribution in [0.2, 0.25) is 5.15 Å². The first-order chi connectivity index (χ1) is 8.67. The van der Waals surface area contributed by atoms with Gasteiger partial charge in [0.25, 0.3) is 0 Å². The number of alkyl halides is 3. The lowest BCUT2D eigenvalue weighted by Gasteiger charge is -2.36. The van der Waals surface area contributed by atoms with Gasteiger partial charge in [-0.2, -0.15) is 13.2 Å². The lowest BCUT2D eigenvalue weighted by molar-refractivity contribution is -0.137. The van der Waals surface area contributed by atoms with E-state index in [1.165, 1.54) is 0 Å². The molecule has 1 saturated heterocycles. The fourth-order valence-electron chi connectivity index (χ4n) is 2.03. The Morgan fingerprint density at radius 1 is 1.32 bits per heavy atom. The number of aromatic nitrogens is 1. The van der Waals surface area contributed by atoms with Gasteiger partial charge in [0, 0.05) is 13.1 Å². The molecule has 0 bridgehead atoms. The number of hydrogen-bond donors (Lipinski definition) is 1. The molecule has 0 aliphatic carbocycles. The number of halogens is 4. The van der Waals surface area contributed by atoms with Crippen LogP contribution in [0.3, 0.4) is 0 Å². The van der Waals surface area contributed by atoms with Crippen molar-refractivity contribution in [1.82, 2.24) is 4.98 Å². The summed E-state index contributed by atoms with van der Waals surface area (Å²) in [7, 11) is 0. The average Bonchev–Trinajstić information content (AvgIpc) is 2.26. The Morgan fingerprint density at radius 2 is 1.89 bits per heavy atom. The van der Waals surface area contributed by atoms with Crippen LogP contribution < -0.4 is 4.90 Å². The molecule has 0 saturated carbocycles. The second kappa shape index (κ2) is 4.83. The molecule has 1 aliphatic heterocycles. The molecular weight excluding hydrogens is 281 g/mol. The molecule has 0 spiro atoms. The van der Waals surface area contributed by atoms with Crippen molar-refractivity contribution in [2.24, 2.45) is 0 Å². The van der Waals surface area contributed by atoms with Gasteiger partial charge < -0.3 is 10.0 Å². The Kier molecular flexibility index (Phi) is 3.66. The van der Waals surface area contributed by atoms with E-state index in [2.05, 4.69) is 4.98 Å². The molecule has 1 aromatic heterocycles. The fraction of sp³-hybridized carbons (Fsp3) is 0.583. The maximum atomic E-state index is 12.7. The zero-order chi connectivity index (χ0) is 14.3. The number of anilines is 1. The maximum absolute atomic E-state index is 12.7. The molecule has 2 rings (SSSR count). The van der Waals surface area contributed by atoms with E-state index in [9.17, 15) is 18.3 Å². The van der Waals surface area contributed by atoms with Crippen molar-refractivity contribution in [3.8, 4) is 0 Å². The summed E-state index contributed by atoms with van der Waals surface area (Å²) in [5.74, 6) is 0.204. The van der Waals surface area contributed by atoms with Crippen molar-refractivity contribution in [2.75, 3.05) is 18.0 Å². The smallest absolute Gasteiger partial charge is 0.390 e. The van der Waals surface area contributed by atoms with Gasteiger partial charge in [0.15, 0.2) is 0 Å². The van der Waals surface area contributed by atoms with Crippen LogP contribution >= 0.6 is 11.6 Å². The average molecular weight is 295 g/mol. The van der Waals surface area contributed by atoms with Gasteiger partial charge in [-0.25, -0.2) is 4.98 Å². The van der Waals surface area contributed by atoms with Crippen LogP contribution in [0.15, 0.2) is 12.1 Å². The Bertz CT molecular complexity index is 467. The number of hydrogen-bond acceptors (Lipinski definition) is 3. The van der Waals surface area contributed by atoms with Crippen LogP contribution in [0.25, 0.3) is 0 Å². The monoisotopic (exact) mass is 294 g/mol.